The van der Waals surface area contributed by atoms with Crippen LogP contribution < -0.4 is 0 Å². The van der Waals surface area contributed by atoms with E-state index in [1.54, 1.807) is 0 Å². The Labute approximate surface area is 66.3 Å². The van der Waals surface area contributed by atoms with Crippen LogP contribution in [0.1, 0.15) is 6.92 Å². The van der Waals surface area contributed by atoms with Gasteiger partial charge in [0.1, 0.15) is 0 Å². The van der Waals surface area contributed by atoms with E-state index in [0.29, 0.717) is 12.5 Å². The zero-order valence-corrected chi connectivity index (χ0v) is 6.82. The Kier molecular flexibility index (Phi) is 2.52. The highest BCUT2D eigenvalue weighted by Gasteiger charge is 2.19. The highest BCUT2D eigenvalue weighted by Crippen LogP contribution is 2.25. The van der Waals surface area contributed by atoms with E-state index < -0.39 is 0 Å². The van der Waals surface area contributed by atoms with Crippen molar-refractivity contribution in [2.24, 2.45) is 5.92 Å². The lowest BCUT2D eigenvalue weighted by molar-refractivity contribution is 0.195. The van der Waals surface area contributed by atoms with Gasteiger partial charge in [0.2, 0.25) is 0 Å². The molecule has 0 saturated carbocycles. The van der Waals surface area contributed by atoms with Crippen molar-refractivity contribution in [2.45, 2.75) is 6.92 Å². The first kappa shape index (κ1) is 7.83. The molecule has 0 aromatic heterocycles. The smallest absolute Gasteiger partial charge is 0.0697 e. The van der Waals surface area contributed by atoms with Gasteiger partial charge in [0.15, 0.2) is 0 Å². The van der Waals surface area contributed by atoms with Crippen molar-refractivity contribution in [3.05, 3.63) is 23.3 Å². The molecule has 0 radical (unpaired) electrons. The third-order valence-electron chi connectivity index (χ3n) is 1.73. The zero-order chi connectivity index (χ0) is 7.56. The van der Waals surface area contributed by atoms with Crippen LogP contribution in [0.25, 0.3) is 0 Å². The van der Waals surface area contributed by atoms with Crippen LogP contribution in [0, 0.1) is 5.92 Å². The van der Waals surface area contributed by atoms with Gasteiger partial charge in [0, 0.05) is 11.0 Å². The third kappa shape index (κ3) is 1.41. The molecule has 1 fully saturated rings. The van der Waals surface area contributed by atoms with Gasteiger partial charge < -0.3 is 4.74 Å². The summed E-state index contributed by atoms with van der Waals surface area (Å²) in [6, 6.07) is 0. The second kappa shape index (κ2) is 3.22. The lowest BCUT2D eigenvalue weighted by Gasteiger charge is -2.02. The molecule has 2 heteroatoms. The van der Waals surface area contributed by atoms with Gasteiger partial charge in [-0.3, -0.25) is 0 Å². The summed E-state index contributed by atoms with van der Waals surface area (Å²) >= 11 is 5.81. The topological polar surface area (TPSA) is 9.23 Å². The largest absolute Gasteiger partial charge is 0.376 e. The van der Waals surface area contributed by atoms with Crippen LogP contribution in [0.15, 0.2) is 23.3 Å². The Morgan fingerprint density at radius 1 is 1.90 bits per heavy atom. The van der Waals surface area contributed by atoms with E-state index in [-0.39, 0.29) is 0 Å². The molecule has 1 unspecified atom stereocenters. The Morgan fingerprint density at radius 3 is 3.00 bits per heavy atom. The molecule has 1 rings (SSSR count). The Balaban J connectivity index is 2.77. The van der Waals surface area contributed by atoms with Gasteiger partial charge in [0.25, 0.3) is 0 Å². The maximum absolute atomic E-state index is 5.81. The summed E-state index contributed by atoms with van der Waals surface area (Å²) in [5.41, 5.74) is 1.18. The van der Waals surface area contributed by atoms with E-state index in [4.69, 9.17) is 16.3 Å². The van der Waals surface area contributed by atoms with Crippen LogP contribution in [0.5, 0.6) is 0 Å². The maximum Gasteiger partial charge on any atom is 0.0697 e. The van der Waals surface area contributed by atoms with Crippen molar-refractivity contribution in [2.75, 3.05) is 13.2 Å². The molecule has 1 saturated heterocycles. The molecule has 1 heterocycles. The minimum atomic E-state index is 0.345. The Bertz CT molecular complexity index is 168. The number of ether oxygens (including phenoxy) is 1. The lowest BCUT2D eigenvalue weighted by Crippen LogP contribution is -1.97. The van der Waals surface area contributed by atoms with E-state index in [9.17, 15) is 0 Å². The van der Waals surface area contributed by atoms with Crippen molar-refractivity contribution in [1.29, 1.82) is 0 Å². The van der Waals surface area contributed by atoms with Crippen molar-refractivity contribution >= 4 is 11.6 Å². The molecule has 0 aromatic carbocycles. The number of hydrogen-bond donors (Lipinski definition) is 0. The zero-order valence-electron chi connectivity index (χ0n) is 6.06. The van der Waals surface area contributed by atoms with E-state index in [1.807, 2.05) is 13.0 Å². The van der Waals surface area contributed by atoms with Crippen LogP contribution in [0.2, 0.25) is 0 Å². The average Bonchev–Trinajstić information content (AvgIpc) is 2.33. The van der Waals surface area contributed by atoms with Crippen LogP contribution in [-0.2, 0) is 4.74 Å². The summed E-state index contributed by atoms with van der Waals surface area (Å²) in [7, 11) is 0. The van der Waals surface area contributed by atoms with Gasteiger partial charge in [-0.1, -0.05) is 17.7 Å². The van der Waals surface area contributed by atoms with E-state index in [0.717, 1.165) is 11.6 Å². The minimum absolute atomic E-state index is 0.345. The molecule has 0 aliphatic carbocycles. The predicted molar refractivity (Wildman–Crippen MR) is 43.1 cm³/mol. The van der Waals surface area contributed by atoms with Gasteiger partial charge in [0.05, 0.1) is 13.2 Å². The molecule has 1 nitrogen and oxygen atoms in total. The second-order valence-corrected chi connectivity index (χ2v) is 2.98. The quantitative estimate of drug-likeness (QED) is 0.533. The van der Waals surface area contributed by atoms with E-state index >= 15 is 0 Å². The summed E-state index contributed by atoms with van der Waals surface area (Å²) in [6.07, 6.45) is 1.88. The monoisotopic (exact) mass is 158 g/mol. The highest BCUT2D eigenvalue weighted by atomic mass is 35.5. The van der Waals surface area contributed by atoms with Crippen molar-refractivity contribution in [3.63, 3.8) is 0 Å². The molecule has 0 amide bonds. The minimum Gasteiger partial charge on any atom is -0.376 e. The molecule has 0 aromatic rings. The third-order valence-corrected chi connectivity index (χ3v) is 1.97. The Hall–Kier alpha value is -0.270. The molecule has 1 aliphatic heterocycles. The van der Waals surface area contributed by atoms with Crippen molar-refractivity contribution < 1.29 is 4.74 Å². The average molecular weight is 159 g/mol. The fourth-order valence-corrected chi connectivity index (χ4v) is 1.26. The molecule has 0 spiro atoms. The SMILES string of the molecule is C=CC1COC/C1=C(\C)Cl. The number of rotatable bonds is 1. The molecule has 10 heavy (non-hydrogen) atoms. The standard InChI is InChI=1S/C8H11ClO/c1-3-7-4-10-5-8(7)6(2)9/h3,7H,1,4-5H2,2H3/b8-6-. The van der Waals surface area contributed by atoms with Gasteiger partial charge in [-0.05, 0) is 12.5 Å². The van der Waals surface area contributed by atoms with Crippen molar-refractivity contribution in [3.8, 4) is 0 Å². The lowest BCUT2D eigenvalue weighted by atomic mass is 10.0. The molecule has 56 valence electrons. The molecule has 0 bridgehead atoms. The number of hydrogen-bond acceptors (Lipinski definition) is 1. The summed E-state index contributed by atoms with van der Waals surface area (Å²) in [5, 5.41) is 0.849. The van der Waals surface area contributed by atoms with E-state index in [2.05, 4.69) is 6.58 Å². The van der Waals surface area contributed by atoms with Crippen molar-refractivity contribution in [1.82, 2.24) is 0 Å². The first-order chi connectivity index (χ1) is 4.75. The normalized spacial score (nSPS) is 30.4. The summed E-state index contributed by atoms with van der Waals surface area (Å²) < 4.78 is 5.21. The summed E-state index contributed by atoms with van der Waals surface area (Å²) in [4.78, 5) is 0. The molecule has 1 aliphatic rings. The summed E-state index contributed by atoms with van der Waals surface area (Å²) in [5.74, 6) is 0.345. The molecular weight excluding hydrogens is 148 g/mol. The molecular formula is C8H11ClO. The van der Waals surface area contributed by atoms with Crippen LogP contribution >= 0.6 is 11.6 Å². The predicted octanol–water partition coefficient (Wildman–Crippen LogP) is 2.33. The molecule has 1 atom stereocenters. The second-order valence-electron chi connectivity index (χ2n) is 2.42. The fourth-order valence-electron chi connectivity index (χ4n) is 1.07. The first-order valence-corrected chi connectivity index (χ1v) is 3.69. The maximum atomic E-state index is 5.81. The molecule has 0 N–H and O–H groups in total. The Morgan fingerprint density at radius 2 is 2.60 bits per heavy atom. The van der Waals surface area contributed by atoms with Gasteiger partial charge >= 0.3 is 0 Å². The van der Waals surface area contributed by atoms with E-state index in [1.165, 1.54) is 5.57 Å². The fraction of sp³-hybridized carbons (Fsp3) is 0.500. The summed E-state index contributed by atoms with van der Waals surface area (Å²) in [6.45, 7) is 7.01. The van der Waals surface area contributed by atoms with Crippen LogP contribution in [-0.4, -0.2) is 13.2 Å². The first-order valence-electron chi connectivity index (χ1n) is 3.31. The van der Waals surface area contributed by atoms with Crippen LogP contribution in [0.4, 0.5) is 0 Å². The highest BCUT2D eigenvalue weighted by molar-refractivity contribution is 6.29. The van der Waals surface area contributed by atoms with Gasteiger partial charge in [-0.2, -0.15) is 0 Å². The van der Waals surface area contributed by atoms with Gasteiger partial charge in [-0.25, -0.2) is 0 Å². The van der Waals surface area contributed by atoms with Crippen LogP contribution in [0.3, 0.4) is 0 Å². The number of allylic oxidation sites excluding steroid dienone is 1. The number of halogens is 1. The van der Waals surface area contributed by atoms with Gasteiger partial charge in [-0.15, -0.1) is 6.58 Å².